The molecule has 33 heavy (non-hydrogen) atoms. The summed E-state index contributed by atoms with van der Waals surface area (Å²) < 4.78 is 3.89. The smallest absolute Gasteiger partial charge is 0.270 e. The van der Waals surface area contributed by atoms with Crippen LogP contribution in [-0.2, 0) is 11.3 Å². The first-order valence-electron chi connectivity index (χ1n) is 10.1. The molecule has 10 nitrogen and oxygen atoms in total. The Balaban J connectivity index is 1.96. The third-order valence-corrected chi connectivity index (χ3v) is 5.72. The van der Waals surface area contributed by atoms with Gasteiger partial charge in [-0.2, -0.15) is 4.37 Å². The maximum atomic E-state index is 13.5. The van der Waals surface area contributed by atoms with E-state index in [-0.39, 0.29) is 42.4 Å². The Bertz CT molecular complexity index is 1110. The minimum atomic E-state index is -1.03. The summed E-state index contributed by atoms with van der Waals surface area (Å²) in [7, 11) is 0. The molecule has 0 saturated heterocycles. The van der Waals surface area contributed by atoms with E-state index in [1.54, 1.807) is 12.1 Å². The second-order valence-electron chi connectivity index (χ2n) is 7.10. The van der Waals surface area contributed by atoms with E-state index in [0.29, 0.717) is 5.56 Å². The first-order chi connectivity index (χ1) is 15.9. The van der Waals surface area contributed by atoms with Gasteiger partial charge in [-0.1, -0.05) is 30.3 Å². The van der Waals surface area contributed by atoms with E-state index >= 15 is 0 Å². The predicted octanol–water partition coefficient (Wildman–Crippen LogP) is 1.10. The summed E-state index contributed by atoms with van der Waals surface area (Å²) in [6.07, 6.45) is 3.27. The van der Waals surface area contributed by atoms with Gasteiger partial charge in [0.2, 0.25) is 5.91 Å². The van der Waals surface area contributed by atoms with Gasteiger partial charge in [0, 0.05) is 32.1 Å². The number of pyridine rings is 1. The van der Waals surface area contributed by atoms with Crippen LogP contribution in [0.3, 0.4) is 0 Å². The van der Waals surface area contributed by atoms with Gasteiger partial charge < -0.3 is 26.8 Å². The van der Waals surface area contributed by atoms with Crippen LogP contribution in [0.25, 0.3) is 0 Å². The number of primary amides is 1. The molecule has 6 N–H and O–H groups in total. The number of nitrogens with two attached hydrogens (primary N) is 2. The lowest BCUT2D eigenvalue weighted by Crippen LogP contribution is -2.44. The zero-order valence-electron chi connectivity index (χ0n) is 17.7. The number of anilines is 1. The number of nitrogen functional groups attached to an aromatic ring is 1. The maximum Gasteiger partial charge on any atom is 0.270 e. The zero-order chi connectivity index (χ0) is 23.8. The summed E-state index contributed by atoms with van der Waals surface area (Å²) in [5, 5.41) is 12.3. The van der Waals surface area contributed by atoms with E-state index in [0.717, 1.165) is 17.1 Å². The van der Waals surface area contributed by atoms with Crippen molar-refractivity contribution >= 4 is 34.9 Å². The lowest BCUT2D eigenvalue weighted by atomic mass is 10.0. The highest BCUT2D eigenvalue weighted by Gasteiger charge is 2.34. The van der Waals surface area contributed by atoms with Crippen LogP contribution >= 0.6 is 11.5 Å². The summed E-state index contributed by atoms with van der Waals surface area (Å²) in [6.45, 7) is 0.130. The lowest BCUT2D eigenvalue weighted by molar-refractivity contribution is -0.126. The summed E-state index contributed by atoms with van der Waals surface area (Å²) in [5.41, 5.74) is 12.3. The number of benzene rings is 1. The maximum absolute atomic E-state index is 13.5. The summed E-state index contributed by atoms with van der Waals surface area (Å²) in [6, 6.07) is 11.6. The van der Waals surface area contributed by atoms with Gasteiger partial charge in [-0.3, -0.25) is 19.4 Å². The second kappa shape index (κ2) is 11.2. The van der Waals surface area contributed by atoms with Crippen molar-refractivity contribution in [2.24, 2.45) is 5.73 Å². The first kappa shape index (κ1) is 23.8. The van der Waals surface area contributed by atoms with Crippen molar-refractivity contribution < 1.29 is 19.5 Å². The molecule has 172 valence electrons. The molecule has 3 aromatic rings. The van der Waals surface area contributed by atoms with E-state index in [2.05, 4.69) is 14.7 Å². The Morgan fingerprint density at radius 1 is 1.12 bits per heavy atom. The monoisotopic (exact) mass is 468 g/mol. The highest BCUT2D eigenvalue weighted by molar-refractivity contribution is 7.09. The molecule has 0 bridgehead atoms. The Morgan fingerprint density at radius 3 is 2.42 bits per heavy atom. The molecule has 1 atom stereocenters. The number of rotatable bonds is 10. The molecule has 3 rings (SSSR count). The van der Waals surface area contributed by atoms with Crippen LogP contribution in [0.2, 0.25) is 0 Å². The third kappa shape index (κ3) is 5.70. The predicted molar refractivity (Wildman–Crippen MR) is 123 cm³/mol. The molecule has 0 radical (unpaired) electrons. The van der Waals surface area contributed by atoms with Crippen molar-refractivity contribution in [3.63, 3.8) is 0 Å². The molecule has 0 aliphatic carbocycles. The molecule has 11 heteroatoms. The Morgan fingerprint density at radius 2 is 1.82 bits per heavy atom. The molecule has 3 amide bonds. The van der Waals surface area contributed by atoms with Crippen LogP contribution in [0.15, 0.2) is 54.9 Å². The van der Waals surface area contributed by atoms with E-state index in [1.807, 2.05) is 30.3 Å². The summed E-state index contributed by atoms with van der Waals surface area (Å²) >= 11 is 0.735. The number of aromatic nitrogens is 2. The van der Waals surface area contributed by atoms with Gasteiger partial charge >= 0.3 is 0 Å². The van der Waals surface area contributed by atoms with Gasteiger partial charge in [0.05, 0.1) is 5.69 Å². The highest BCUT2D eigenvalue weighted by atomic mass is 32.1. The number of aliphatic hydroxyl groups excluding tert-OH is 1. The fourth-order valence-corrected chi connectivity index (χ4v) is 4.01. The number of carbonyl (C=O) groups is 3. The van der Waals surface area contributed by atoms with Crippen molar-refractivity contribution in [2.45, 2.75) is 19.0 Å². The normalized spacial score (nSPS) is 11.5. The lowest BCUT2D eigenvalue weighted by Gasteiger charge is -2.31. The number of amides is 3. The molecule has 0 fully saturated rings. The van der Waals surface area contributed by atoms with Crippen LogP contribution in [0.5, 0.6) is 0 Å². The molecular weight excluding hydrogens is 444 g/mol. The highest BCUT2D eigenvalue weighted by Crippen LogP contribution is 2.29. The van der Waals surface area contributed by atoms with Crippen LogP contribution in [0, 0.1) is 0 Å². The van der Waals surface area contributed by atoms with Gasteiger partial charge in [-0.15, -0.1) is 0 Å². The van der Waals surface area contributed by atoms with Crippen molar-refractivity contribution in [3.8, 4) is 0 Å². The Hall–Kier alpha value is -3.83. The Kier molecular flexibility index (Phi) is 8.06. The van der Waals surface area contributed by atoms with Crippen LogP contribution < -0.4 is 16.8 Å². The number of hydrogen-bond donors (Lipinski definition) is 4. The number of nitrogens with zero attached hydrogens (tertiary/aromatic N) is 3. The van der Waals surface area contributed by atoms with Gasteiger partial charge in [-0.05, 0) is 41.2 Å². The van der Waals surface area contributed by atoms with Crippen LogP contribution in [-0.4, -0.2) is 50.2 Å². The fraction of sp³-hybridized carbons (Fsp3) is 0.227. The molecule has 0 unspecified atom stereocenters. The van der Waals surface area contributed by atoms with E-state index in [4.69, 9.17) is 11.5 Å². The molecule has 0 aliphatic heterocycles. The molecule has 2 heterocycles. The first-order valence-corrected chi connectivity index (χ1v) is 10.9. The van der Waals surface area contributed by atoms with E-state index < -0.39 is 23.8 Å². The third-order valence-electron chi connectivity index (χ3n) is 4.87. The number of nitrogens with one attached hydrogen (secondary N) is 1. The van der Waals surface area contributed by atoms with Crippen molar-refractivity contribution in [2.75, 3.05) is 18.9 Å². The number of aliphatic hydroxyl groups is 1. The standard InChI is InChI=1S/C22H24N6O4S/c23-16-17(20(24)30)27-33-19(16)22(32)28(11-4-12-29)18(15-7-9-25-10-8-15)21(31)26-13-14-5-2-1-3-6-14/h1-3,5-10,18,29H,4,11-13,23H2,(H2,24,30)(H,26,31)/t18-/m1/s1. The molecule has 2 aromatic heterocycles. The SMILES string of the molecule is NC(=O)c1nsc(C(=O)N(CCCO)[C@@H](C(=O)NCc2ccccc2)c2ccncc2)c1N. The minimum absolute atomic E-state index is 0.00310. The average molecular weight is 469 g/mol. The molecular formula is C22H24N6O4S. The number of carbonyl (C=O) groups excluding carboxylic acids is 3. The topological polar surface area (TPSA) is 165 Å². The summed E-state index contributed by atoms with van der Waals surface area (Å²) in [4.78, 5) is 43.7. The van der Waals surface area contributed by atoms with Gasteiger partial charge in [0.1, 0.15) is 10.9 Å². The largest absolute Gasteiger partial charge is 0.396 e. The van der Waals surface area contributed by atoms with Crippen molar-refractivity contribution in [1.82, 2.24) is 19.6 Å². The molecule has 1 aromatic carbocycles. The molecule has 0 saturated carbocycles. The number of hydrogen-bond acceptors (Lipinski definition) is 8. The van der Waals surface area contributed by atoms with Crippen molar-refractivity contribution in [3.05, 3.63) is 76.6 Å². The Labute approximate surface area is 194 Å². The minimum Gasteiger partial charge on any atom is -0.396 e. The van der Waals surface area contributed by atoms with Gasteiger partial charge in [-0.25, -0.2) is 0 Å². The molecule has 0 aliphatic rings. The summed E-state index contributed by atoms with van der Waals surface area (Å²) in [5.74, 6) is -1.87. The van der Waals surface area contributed by atoms with Crippen LogP contribution in [0.1, 0.15) is 43.7 Å². The van der Waals surface area contributed by atoms with E-state index in [1.165, 1.54) is 17.3 Å². The second-order valence-corrected chi connectivity index (χ2v) is 7.87. The molecule has 0 spiro atoms. The fourth-order valence-electron chi connectivity index (χ4n) is 3.25. The van der Waals surface area contributed by atoms with Gasteiger partial charge in [0.15, 0.2) is 5.69 Å². The zero-order valence-corrected chi connectivity index (χ0v) is 18.5. The van der Waals surface area contributed by atoms with Crippen LogP contribution in [0.4, 0.5) is 5.69 Å². The van der Waals surface area contributed by atoms with E-state index in [9.17, 15) is 19.5 Å². The van der Waals surface area contributed by atoms with Crippen molar-refractivity contribution in [1.29, 1.82) is 0 Å². The van der Waals surface area contributed by atoms with Gasteiger partial charge in [0.25, 0.3) is 11.8 Å². The quantitative estimate of drug-likeness (QED) is 0.346. The average Bonchev–Trinajstić information content (AvgIpc) is 3.22.